The molecule has 7 nitrogen and oxygen atoms in total. The van der Waals surface area contributed by atoms with Gasteiger partial charge in [-0.05, 0) is 24.1 Å². The molecule has 0 radical (unpaired) electrons. The van der Waals surface area contributed by atoms with Gasteiger partial charge in [-0.1, -0.05) is 12.1 Å². The summed E-state index contributed by atoms with van der Waals surface area (Å²) in [6.45, 7) is 1.94. The number of carbonyl (C=O) groups excluding carboxylic acids is 1. The Bertz CT molecular complexity index is 688. The standard InChI is InChI=1S/C16H20FN5O2/c1-21-11-19-20-15(21)14-10-22(8-9-24-14)16(23)18-7-6-12-2-4-13(17)5-3-12/h2-5,11,14H,6-10H2,1H3,(H,18,23). The summed E-state index contributed by atoms with van der Waals surface area (Å²) in [5.41, 5.74) is 0.982. The summed E-state index contributed by atoms with van der Waals surface area (Å²) in [5.74, 6) is 0.449. The van der Waals surface area contributed by atoms with Crippen molar-refractivity contribution in [1.82, 2.24) is 25.0 Å². The molecule has 0 aliphatic carbocycles. The third kappa shape index (κ3) is 3.88. The van der Waals surface area contributed by atoms with Crippen LogP contribution in [-0.4, -0.2) is 51.9 Å². The van der Waals surface area contributed by atoms with Gasteiger partial charge >= 0.3 is 6.03 Å². The quantitative estimate of drug-likeness (QED) is 0.915. The van der Waals surface area contributed by atoms with E-state index in [1.54, 1.807) is 27.9 Å². The average Bonchev–Trinajstić information content (AvgIpc) is 3.03. The van der Waals surface area contributed by atoms with Crippen LogP contribution in [0.4, 0.5) is 9.18 Å². The minimum atomic E-state index is -0.269. The lowest BCUT2D eigenvalue weighted by molar-refractivity contribution is -0.0214. The van der Waals surface area contributed by atoms with Crippen LogP contribution in [0.25, 0.3) is 0 Å². The van der Waals surface area contributed by atoms with E-state index in [4.69, 9.17) is 4.74 Å². The third-order valence-electron chi connectivity index (χ3n) is 3.99. The lowest BCUT2D eigenvalue weighted by Gasteiger charge is -2.32. The fourth-order valence-corrected chi connectivity index (χ4v) is 2.65. The zero-order chi connectivity index (χ0) is 16.9. The summed E-state index contributed by atoms with van der Waals surface area (Å²) in [6, 6.07) is 6.16. The van der Waals surface area contributed by atoms with Gasteiger partial charge in [0.1, 0.15) is 18.2 Å². The molecule has 1 aromatic carbocycles. The molecule has 8 heteroatoms. The zero-order valence-corrected chi connectivity index (χ0v) is 13.5. The number of halogens is 1. The lowest BCUT2D eigenvalue weighted by atomic mass is 10.1. The highest BCUT2D eigenvalue weighted by molar-refractivity contribution is 5.74. The Labute approximate surface area is 139 Å². The Morgan fingerprint density at radius 1 is 1.42 bits per heavy atom. The number of nitrogens with one attached hydrogen (secondary N) is 1. The smallest absolute Gasteiger partial charge is 0.317 e. The summed E-state index contributed by atoms with van der Waals surface area (Å²) in [6.07, 6.45) is 2.00. The molecule has 0 bridgehead atoms. The Balaban J connectivity index is 1.49. The van der Waals surface area contributed by atoms with Gasteiger partial charge < -0.3 is 19.5 Å². The second-order valence-electron chi connectivity index (χ2n) is 5.71. The fourth-order valence-electron chi connectivity index (χ4n) is 2.65. The van der Waals surface area contributed by atoms with Crippen LogP contribution in [0, 0.1) is 5.82 Å². The van der Waals surface area contributed by atoms with Crippen molar-refractivity contribution in [3.63, 3.8) is 0 Å². The molecule has 1 N–H and O–H groups in total. The number of urea groups is 1. The number of hydrogen-bond acceptors (Lipinski definition) is 4. The van der Waals surface area contributed by atoms with Gasteiger partial charge in [-0.15, -0.1) is 10.2 Å². The largest absolute Gasteiger partial charge is 0.366 e. The summed E-state index contributed by atoms with van der Waals surface area (Å²) in [4.78, 5) is 14.0. The molecular weight excluding hydrogens is 313 g/mol. The van der Waals surface area contributed by atoms with E-state index in [0.717, 1.165) is 5.56 Å². The first-order valence-corrected chi connectivity index (χ1v) is 7.86. The highest BCUT2D eigenvalue weighted by Gasteiger charge is 2.28. The highest BCUT2D eigenvalue weighted by Crippen LogP contribution is 2.19. The van der Waals surface area contributed by atoms with E-state index in [0.29, 0.717) is 38.5 Å². The highest BCUT2D eigenvalue weighted by atomic mass is 19.1. The van der Waals surface area contributed by atoms with E-state index in [-0.39, 0.29) is 18.0 Å². The Morgan fingerprint density at radius 2 is 2.21 bits per heavy atom. The molecule has 1 atom stereocenters. The van der Waals surface area contributed by atoms with E-state index in [2.05, 4.69) is 15.5 Å². The molecule has 1 fully saturated rings. The van der Waals surface area contributed by atoms with Gasteiger partial charge in [0, 0.05) is 20.1 Å². The van der Waals surface area contributed by atoms with E-state index < -0.39 is 0 Å². The van der Waals surface area contributed by atoms with Crippen LogP contribution in [0.15, 0.2) is 30.6 Å². The maximum absolute atomic E-state index is 12.9. The first-order valence-electron chi connectivity index (χ1n) is 7.86. The number of amides is 2. The molecule has 1 aliphatic rings. The molecule has 128 valence electrons. The number of carbonyl (C=O) groups is 1. The number of benzene rings is 1. The van der Waals surface area contributed by atoms with E-state index in [9.17, 15) is 9.18 Å². The predicted octanol–water partition coefficient (Wildman–Crippen LogP) is 1.28. The first kappa shape index (κ1) is 16.4. The maximum Gasteiger partial charge on any atom is 0.317 e. The lowest BCUT2D eigenvalue weighted by Crippen LogP contribution is -2.47. The Hall–Kier alpha value is -2.48. The summed E-state index contributed by atoms with van der Waals surface area (Å²) >= 11 is 0. The minimum Gasteiger partial charge on any atom is -0.366 e. The molecule has 2 amide bonds. The monoisotopic (exact) mass is 333 g/mol. The van der Waals surface area contributed by atoms with Crippen LogP contribution in [0.1, 0.15) is 17.5 Å². The van der Waals surface area contributed by atoms with Crippen molar-refractivity contribution < 1.29 is 13.9 Å². The normalized spacial score (nSPS) is 17.8. The number of aryl methyl sites for hydroxylation is 1. The first-order chi connectivity index (χ1) is 11.6. The summed E-state index contributed by atoms with van der Waals surface area (Å²) < 4.78 is 20.3. The molecule has 1 saturated heterocycles. The van der Waals surface area contributed by atoms with Crippen LogP contribution in [0.2, 0.25) is 0 Å². The predicted molar refractivity (Wildman–Crippen MR) is 84.8 cm³/mol. The summed E-state index contributed by atoms with van der Waals surface area (Å²) in [7, 11) is 1.85. The van der Waals surface area contributed by atoms with Gasteiger partial charge in [-0.2, -0.15) is 0 Å². The van der Waals surface area contributed by atoms with Gasteiger partial charge in [0.15, 0.2) is 5.82 Å². The van der Waals surface area contributed by atoms with Crippen molar-refractivity contribution in [1.29, 1.82) is 0 Å². The fraction of sp³-hybridized carbons (Fsp3) is 0.438. The van der Waals surface area contributed by atoms with Crippen LogP contribution in [0.3, 0.4) is 0 Å². The molecule has 2 aromatic rings. The summed E-state index contributed by atoms with van der Waals surface area (Å²) in [5, 5.41) is 10.8. The number of nitrogens with zero attached hydrogens (tertiary/aromatic N) is 4. The number of ether oxygens (including phenoxy) is 1. The molecule has 0 spiro atoms. The maximum atomic E-state index is 12.9. The van der Waals surface area contributed by atoms with Crippen molar-refractivity contribution in [2.75, 3.05) is 26.2 Å². The number of hydrogen-bond donors (Lipinski definition) is 1. The van der Waals surface area contributed by atoms with Gasteiger partial charge in [0.2, 0.25) is 0 Å². The van der Waals surface area contributed by atoms with Crippen molar-refractivity contribution in [2.45, 2.75) is 12.5 Å². The van der Waals surface area contributed by atoms with Gasteiger partial charge in [-0.25, -0.2) is 9.18 Å². The molecule has 1 unspecified atom stereocenters. The average molecular weight is 333 g/mol. The molecule has 24 heavy (non-hydrogen) atoms. The SMILES string of the molecule is Cn1cnnc1C1CN(C(=O)NCCc2ccc(F)cc2)CCO1. The van der Waals surface area contributed by atoms with Crippen LogP contribution in [-0.2, 0) is 18.2 Å². The third-order valence-corrected chi connectivity index (χ3v) is 3.99. The second-order valence-corrected chi connectivity index (χ2v) is 5.71. The van der Waals surface area contributed by atoms with Crippen molar-refractivity contribution in [3.05, 3.63) is 47.8 Å². The van der Waals surface area contributed by atoms with Gasteiger partial charge in [0.25, 0.3) is 0 Å². The number of aromatic nitrogens is 3. The Morgan fingerprint density at radius 3 is 2.92 bits per heavy atom. The molecule has 1 aliphatic heterocycles. The van der Waals surface area contributed by atoms with Crippen molar-refractivity contribution >= 4 is 6.03 Å². The Kier molecular flexibility index (Phi) is 5.05. The molecule has 1 aromatic heterocycles. The molecule has 0 saturated carbocycles. The van der Waals surface area contributed by atoms with E-state index in [1.807, 2.05) is 7.05 Å². The van der Waals surface area contributed by atoms with Crippen molar-refractivity contribution in [3.8, 4) is 0 Å². The zero-order valence-electron chi connectivity index (χ0n) is 13.5. The topological polar surface area (TPSA) is 72.3 Å². The number of rotatable bonds is 4. The second kappa shape index (κ2) is 7.39. The number of morpholine rings is 1. The van der Waals surface area contributed by atoms with Gasteiger partial charge in [-0.3, -0.25) is 0 Å². The van der Waals surface area contributed by atoms with Crippen LogP contribution in [0.5, 0.6) is 0 Å². The van der Waals surface area contributed by atoms with Crippen LogP contribution >= 0.6 is 0 Å². The van der Waals surface area contributed by atoms with E-state index in [1.165, 1.54) is 12.1 Å². The minimum absolute atomic E-state index is 0.132. The van der Waals surface area contributed by atoms with Gasteiger partial charge in [0.05, 0.1) is 13.2 Å². The molecular formula is C16H20FN5O2. The van der Waals surface area contributed by atoms with Crippen molar-refractivity contribution in [2.24, 2.45) is 7.05 Å². The molecule has 3 rings (SSSR count). The molecule has 2 heterocycles. The van der Waals surface area contributed by atoms with E-state index >= 15 is 0 Å². The van der Waals surface area contributed by atoms with Crippen LogP contribution < -0.4 is 5.32 Å².